The predicted molar refractivity (Wildman–Crippen MR) is 36.6 cm³/mol. The van der Waals surface area contributed by atoms with Crippen molar-refractivity contribution in [3.8, 4) is 0 Å². The van der Waals surface area contributed by atoms with Gasteiger partial charge < -0.3 is 9.64 Å². The van der Waals surface area contributed by atoms with E-state index < -0.39 is 0 Å². The molecule has 1 aliphatic rings. The van der Waals surface area contributed by atoms with Crippen molar-refractivity contribution in [2.45, 2.75) is 12.6 Å². The third-order valence-corrected chi connectivity index (χ3v) is 1.67. The Labute approximate surface area is 55.4 Å². The average Bonchev–Trinajstić information content (AvgIpc) is 2.15. The normalized spacial score (nSPS) is 32.4. The zero-order chi connectivity index (χ0) is 6.91. The van der Waals surface area contributed by atoms with Gasteiger partial charge in [-0.2, -0.15) is 0 Å². The van der Waals surface area contributed by atoms with Gasteiger partial charge in [0, 0.05) is 13.2 Å². The van der Waals surface area contributed by atoms with Crippen LogP contribution in [0.4, 0.5) is 0 Å². The molecule has 0 amide bonds. The van der Waals surface area contributed by atoms with Crippen molar-refractivity contribution in [2.75, 3.05) is 7.05 Å². The first-order valence-corrected chi connectivity index (χ1v) is 2.90. The van der Waals surface area contributed by atoms with Gasteiger partial charge in [0.2, 0.25) is 0 Å². The maximum Gasteiger partial charge on any atom is 0.197 e. The molecule has 1 atom stereocenters. The molecule has 0 fully saturated rings. The molecule has 1 unspecified atom stereocenters. The van der Waals surface area contributed by atoms with E-state index in [1.165, 1.54) is 0 Å². The minimum Gasteiger partial charge on any atom is -0.471 e. The smallest absolute Gasteiger partial charge is 0.197 e. The SMILES string of the molecule is C=CC1(C)OC=CN1C. The summed E-state index contributed by atoms with van der Waals surface area (Å²) < 4.78 is 5.23. The van der Waals surface area contributed by atoms with Gasteiger partial charge in [-0.25, -0.2) is 0 Å². The highest BCUT2D eigenvalue weighted by Crippen LogP contribution is 2.21. The summed E-state index contributed by atoms with van der Waals surface area (Å²) in [5, 5.41) is 0. The summed E-state index contributed by atoms with van der Waals surface area (Å²) in [6.07, 6.45) is 5.32. The summed E-state index contributed by atoms with van der Waals surface area (Å²) in [5.74, 6) is 0. The molecule has 0 saturated heterocycles. The first-order valence-electron chi connectivity index (χ1n) is 2.90. The lowest BCUT2D eigenvalue weighted by molar-refractivity contribution is 0.0121. The molecule has 0 N–H and O–H groups in total. The Kier molecular flexibility index (Phi) is 1.24. The molecule has 1 heterocycles. The molecule has 2 heteroatoms. The number of ether oxygens (including phenoxy) is 1. The van der Waals surface area contributed by atoms with Crippen LogP contribution in [0, 0.1) is 0 Å². The lowest BCUT2D eigenvalue weighted by atomic mass is 10.2. The number of nitrogens with zero attached hydrogens (tertiary/aromatic N) is 1. The van der Waals surface area contributed by atoms with E-state index in [1.54, 1.807) is 12.3 Å². The monoisotopic (exact) mass is 125 g/mol. The standard InChI is InChI=1S/C7H11NO/c1-4-7(2)8(3)5-6-9-7/h4-6H,1H2,2-3H3. The average molecular weight is 125 g/mol. The van der Waals surface area contributed by atoms with Crippen LogP contribution in [0.2, 0.25) is 0 Å². The van der Waals surface area contributed by atoms with Crippen molar-refractivity contribution in [3.63, 3.8) is 0 Å². The Hall–Kier alpha value is -0.920. The molecule has 0 bridgehead atoms. The second kappa shape index (κ2) is 1.79. The topological polar surface area (TPSA) is 12.5 Å². The van der Waals surface area contributed by atoms with E-state index in [0.717, 1.165) is 0 Å². The molecular weight excluding hydrogens is 114 g/mol. The molecule has 50 valence electrons. The van der Waals surface area contributed by atoms with Crippen molar-refractivity contribution < 1.29 is 4.74 Å². The van der Waals surface area contributed by atoms with Gasteiger partial charge in [0.05, 0.1) is 0 Å². The summed E-state index contributed by atoms with van der Waals surface area (Å²) in [5.41, 5.74) is -0.319. The molecule has 0 aromatic rings. The Morgan fingerprint density at radius 3 is 2.67 bits per heavy atom. The Morgan fingerprint density at radius 2 is 2.44 bits per heavy atom. The van der Waals surface area contributed by atoms with E-state index in [4.69, 9.17) is 4.74 Å². The van der Waals surface area contributed by atoms with Crippen LogP contribution in [0.25, 0.3) is 0 Å². The molecular formula is C7H11NO. The lowest BCUT2D eigenvalue weighted by Gasteiger charge is -2.27. The van der Waals surface area contributed by atoms with Crippen LogP contribution in [0.5, 0.6) is 0 Å². The fourth-order valence-corrected chi connectivity index (χ4v) is 0.683. The molecule has 0 aliphatic carbocycles. The molecule has 1 rings (SSSR count). The van der Waals surface area contributed by atoms with Crippen molar-refractivity contribution in [2.24, 2.45) is 0 Å². The molecule has 0 radical (unpaired) electrons. The zero-order valence-electron chi connectivity index (χ0n) is 5.79. The second-order valence-corrected chi connectivity index (χ2v) is 2.27. The Morgan fingerprint density at radius 1 is 1.78 bits per heavy atom. The quantitative estimate of drug-likeness (QED) is 0.490. The first kappa shape index (κ1) is 6.20. The molecule has 0 aromatic carbocycles. The fraction of sp³-hybridized carbons (Fsp3) is 0.429. The lowest BCUT2D eigenvalue weighted by Crippen LogP contribution is -2.35. The van der Waals surface area contributed by atoms with Crippen molar-refractivity contribution in [1.82, 2.24) is 4.90 Å². The minimum absolute atomic E-state index is 0.319. The van der Waals surface area contributed by atoms with Crippen LogP contribution in [0.1, 0.15) is 6.92 Å². The van der Waals surface area contributed by atoms with Crippen LogP contribution < -0.4 is 0 Å². The third kappa shape index (κ3) is 0.803. The molecule has 2 nitrogen and oxygen atoms in total. The number of rotatable bonds is 1. The maximum absolute atomic E-state index is 5.23. The van der Waals surface area contributed by atoms with Crippen LogP contribution in [-0.2, 0) is 4.74 Å². The van der Waals surface area contributed by atoms with Crippen molar-refractivity contribution in [1.29, 1.82) is 0 Å². The van der Waals surface area contributed by atoms with E-state index in [2.05, 4.69) is 6.58 Å². The van der Waals surface area contributed by atoms with E-state index in [0.29, 0.717) is 0 Å². The van der Waals surface area contributed by atoms with Crippen molar-refractivity contribution >= 4 is 0 Å². The van der Waals surface area contributed by atoms with Crippen LogP contribution >= 0.6 is 0 Å². The van der Waals surface area contributed by atoms with E-state index in [1.807, 2.05) is 25.1 Å². The Bertz CT molecular complexity index is 153. The highest BCUT2D eigenvalue weighted by molar-refractivity contribution is 5.02. The zero-order valence-corrected chi connectivity index (χ0v) is 5.79. The number of likely N-dealkylation sites (N-methyl/N-ethyl adjacent to an activating group) is 1. The molecule has 0 saturated carbocycles. The van der Waals surface area contributed by atoms with Crippen LogP contribution in [0.3, 0.4) is 0 Å². The van der Waals surface area contributed by atoms with E-state index >= 15 is 0 Å². The van der Waals surface area contributed by atoms with Gasteiger partial charge >= 0.3 is 0 Å². The highest BCUT2D eigenvalue weighted by Gasteiger charge is 2.27. The Balaban J connectivity index is 2.73. The molecule has 1 aliphatic heterocycles. The van der Waals surface area contributed by atoms with Gasteiger partial charge in [-0.05, 0) is 13.0 Å². The van der Waals surface area contributed by atoms with Gasteiger partial charge in [-0.15, -0.1) is 0 Å². The summed E-state index contributed by atoms with van der Waals surface area (Å²) in [7, 11) is 1.95. The van der Waals surface area contributed by atoms with Gasteiger partial charge in [0.25, 0.3) is 0 Å². The van der Waals surface area contributed by atoms with Gasteiger partial charge in [0.1, 0.15) is 6.26 Å². The fourth-order valence-electron chi connectivity index (χ4n) is 0.683. The second-order valence-electron chi connectivity index (χ2n) is 2.27. The number of hydrogen-bond acceptors (Lipinski definition) is 2. The summed E-state index contributed by atoms with van der Waals surface area (Å²) >= 11 is 0. The summed E-state index contributed by atoms with van der Waals surface area (Å²) in [6.45, 7) is 5.62. The summed E-state index contributed by atoms with van der Waals surface area (Å²) in [6, 6.07) is 0. The molecule has 9 heavy (non-hydrogen) atoms. The van der Waals surface area contributed by atoms with Gasteiger partial charge in [-0.3, -0.25) is 0 Å². The summed E-state index contributed by atoms with van der Waals surface area (Å²) in [4.78, 5) is 1.96. The third-order valence-electron chi connectivity index (χ3n) is 1.67. The maximum atomic E-state index is 5.23. The predicted octanol–water partition coefficient (Wildman–Crippen LogP) is 1.32. The molecule has 0 spiro atoms. The first-order chi connectivity index (χ1) is 4.19. The number of hydrogen-bond donors (Lipinski definition) is 0. The van der Waals surface area contributed by atoms with Crippen LogP contribution in [-0.4, -0.2) is 17.7 Å². The van der Waals surface area contributed by atoms with E-state index in [-0.39, 0.29) is 5.72 Å². The highest BCUT2D eigenvalue weighted by atomic mass is 16.5. The minimum atomic E-state index is -0.319. The van der Waals surface area contributed by atoms with Crippen molar-refractivity contribution in [3.05, 3.63) is 25.1 Å². The van der Waals surface area contributed by atoms with Crippen LogP contribution in [0.15, 0.2) is 25.1 Å². The van der Waals surface area contributed by atoms with Gasteiger partial charge in [-0.1, -0.05) is 6.58 Å². The van der Waals surface area contributed by atoms with Gasteiger partial charge in [0.15, 0.2) is 5.72 Å². The largest absolute Gasteiger partial charge is 0.471 e. The van der Waals surface area contributed by atoms with E-state index in [9.17, 15) is 0 Å². The molecule has 0 aromatic heterocycles.